The van der Waals surface area contributed by atoms with Gasteiger partial charge in [-0.15, -0.1) is 0 Å². The number of rotatable bonds is 7. The third-order valence-electron chi connectivity index (χ3n) is 5.38. The number of piperidine rings is 1. The summed E-state index contributed by atoms with van der Waals surface area (Å²) in [6.45, 7) is 4.31. The van der Waals surface area contributed by atoms with Gasteiger partial charge in [-0.3, -0.25) is 0 Å². The van der Waals surface area contributed by atoms with Gasteiger partial charge in [-0.05, 0) is 30.7 Å². The molecule has 1 aliphatic rings. The van der Waals surface area contributed by atoms with E-state index in [9.17, 15) is 4.79 Å². The van der Waals surface area contributed by atoms with Crippen molar-refractivity contribution in [1.82, 2.24) is 24.6 Å². The zero-order chi connectivity index (χ0) is 21.8. The lowest BCUT2D eigenvalue weighted by molar-refractivity contribution is 0.0879. The fraction of sp³-hybridized carbons (Fsp3) is 0.429. The Morgan fingerprint density at radius 1 is 1.29 bits per heavy atom. The maximum Gasteiger partial charge on any atom is 0.407 e. The summed E-state index contributed by atoms with van der Waals surface area (Å²) >= 11 is 0. The average Bonchev–Trinajstić information content (AvgIpc) is 3.19. The molecular weight excluding hydrogens is 400 g/mol. The normalized spacial score (nSPS) is 14.7. The number of nitrogens with one attached hydrogen (secondary N) is 1. The van der Waals surface area contributed by atoms with Crippen molar-refractivity contribution < 1.29 is 19.4 Å². The Bertz CT molecular complexity index is 1060. The van der Waals surface area contributed by atoms with Crippen LogP contribution in [0.1, 0.15) is 18.4 Å². The molecule has 1 aliphatic heterocycles. The average molecular weight is 426 g/mol. The second kappa shape index (κ2) is 9.17. The van der Waals surface area contributed by atoms with Crippen molar-refractivity contribution in [3.8, 4) is 11.6 Å². The van der Waals surface area contributed by atoms with E-state index in [-0.39, 0.29) is 6.10 Å². The molecule has 164 valence electrons. The molecule has 1 fully saturated rings. The molecule has 2 N–H and O–H groups in total. The van der Waals surface area contributed by atoms with Crippen LogP contribution in [0.3, 0.4) is 0 Å². The van der Waals surface area contributed by atoms with Gasteiger partial charge in [-0.2, -0.15) is 5.10 Å². The molecule has 0 bridgehead atoms. The van der Waals surface area contributed by atoms with Gasteiger partial charge in [0.15, 0.2) is 5.65 Å². The van der Waals surface area contributed by atoms with E-state index in [0.29, 0.717) is 44.1 Å². The lowest BCUT2D eigenvalue weighted by atomic mass is 10.1. The molecule has 0 spiro atoms. The number of hydrogen-bond donors (Lipinski definition) is 2. The first kappa shape index (κ1) is 20.9. The maximum atomic E-state index is 11.1. The first-order valence-corrected chi connectivity index (χ1v) is 10.2. The van der Waals surface area contributed by atoms with E-state index < -0.39 is 6.09 Å². The minimum absolute atomic E-state index is 0.0868. The number of benzene rings is 1. The molecule has 0 unspecified atom stereocenters. The highest BCUT2D eigenvalue weighted by Gasteiger charge is 2.25. The molecule has 3 heterocycles. The molecule has 4 rings (SSSR count). The van der Waals surface area contributed by atoms with Crippen molar-refractivity contribution in [2.75, 3.05) is 38.7 Å². The van der Waals surface area contributed by atoms with E-state index in [4.69, 9.17) is 14.6 Å². The smallest absolute Gasteiger partial charge is 0.407 e. The molecule has 10 nitrogen and oxygen atoms in total. The van der Waals surface area contributed by atoms with E-state index >= 15 is 0 Å². The zero-order valence-electron chi connectivity index (χ0n) is 17.6. The summed E-state index contributed by atoms with van der Waals surface area (Å²) in [6.07, 6.45) is 3.46. The summed E-state index contributed by atoms with van der Waals surface area (Å²) in [4.78, 5) is 21.2. The molecule has 2 aromatic heterocycles. The standard InChI is InChI=1S/C21H26N6O4/c1-14-11-15(22-7-10-30-2)3-4-18(14)27-19-17(12-25-27)20(24-13-23-19)31-16-5-8-26(9-6-16)21(28)29/h3-4,11-13,16,22H,5-10H2,1-2H3,(H,28,29). The van der Waals surface area contributed by atoms with Crippen molar-refractivity contribution in [2.24, 2.45) is 0 Å². The number of amides is 1. The molecule has 0 atom stereocenters. The van der Waals surface area contributed by atoms with Gasteiger partial charge in [0.2, 0.25) is 5.88 Å². The van der Waals surface area contributed by atoms with Crippen molar-refractivity contribution >= 4 is 22.8 Å². The van der Waals surface area contributed by atoms with Gasteiger partial charge in [-0.25, -0.2) is 19.4 Å². The Hall–Kier alpha value is -3.40. The molecule has 1 saturated heterocycles. The van der Waals surface area contributed by atoms with E-state index in [2.05, 4.69) is 26.4 Å². The van der Waals surface area contributed by atoms with Crippen molar-refractivity contribution in [3.63, 3.8) is 0 Å². The highest BCUT2D eigenvalue weighted by molar-refractivity contribution is 5.81. The molecule has 3 aromatic rings. The highest BCUT2D eigenvalue weighted by Crippen LogP contribution is 2.28. The Morgan fingerprint density at radius 3 is 2.81 bits per heavy atom. The second-order valence-corrected chi connectivity index (χ2v) is 7.48. The first-order valence-electron chi connectivity index (χ1n) is 10.2. The lowest BCUT2D eigenvalue weighted by Crippen LogP contribution is -2.41. The number of carbonyl (C=O) groups is 1. The predicted octanol–water partition coefficient (Wildman–Crippen LogP) is 2.70. The highest BCUT2D eigenvalue weighted by atomic mass is 16.5. The summed E-state index contributed by atoms with van der Waals surface area (Å²) in [6, 6.07) is 6.06. The van der Waals surface area contributed by atoms with E-state index in [1.54, 1.807) is 18.0 Å². The van der Waals surface area contributed by atoms with Gasteiger partial charge in [0.1, 0.15) is 17.8 Å². The second-order valence-electron chi connectivity index (χ2n) is 7.48. The van der Waals surface area contributed by atoms with Gasteiger partial charge in [-0.1, -0.05) is 0 Å². The summed E-state index contributed by atoms with van der Waals surface area (Å²) < 4.78 is 13.0. The Kier molecular flexibility index (Phi) is 6.17. The number of methoxy groups -OCH3 is 1. The number of likely N-dealkylation sites (tertiary alicyclic amines) is 1. The molecule has 1 aromatic carbocycles. The molecular formula is C21H26N6O4. The summed E-state index contributed by atoms with van der Waals surface area (Å²) in [7, 11) is 1.68. The summed E-state index contributed by atoms with van der Waals surface area (Å²) in [5.74, 6) is 0.473. The summed E-state index contributed by atoms with van der Waals surface area (Å²) in [5.41, 5.74) is 3.65. The number of fused-ring (bicyclic) bond motifs is 1. The minimum Gasteiger partial charge on any atom is -0.474 e. The van der Waals surface area contributed by atoms with Crippen LogP contribution in [0.4, 0.5) is 10.5 Å². The van der Waals surface area contributed by atoms with Crippen LogP contribution in [0.2, 0.25) is 0 Å². The third kappa shape index (κ3) is 4.53. The topological polar surface area (TPSA) is 115 Å². The molecule has 0 radical (unpaired) electrons. The van der Waals surface area contributed by atoms with Crippen LogP contribution in [-0.2, 0) is 4.74 Å². The maximum absolute atomic E-state index is 11.1. The number of aromatic nitrogens is 4. The molecule has 10 heteroatoms. The number of aryl methyl sites for hydroxylation is 1. The van der Waals surface area contributed by atoms with Crippen molar-refractivity contribution in [3.05, 3.63) is 36.3 Å². The van der Waals surface area contributed by atoms with E-state index in [1.165, 1.54) is 11.2 Å². The van der Waals surface area contributed by atoms with Gasteiger partial charge >= 0.3 is 6.09 Å². The lowest BCUT2D eigenvalue weighted by Gasteiger charge is -2.29. The van der Waals surface area contributed by atoms with Gasteiger partial charge in [0.25, 0.3) is 0 Å². The monoisotopic (exact) mass is 426 g/mol. The van der Waals surface area contributed by atoms with Crippen LogP contribution in [-0.4, -0.2) is 75.3 Å². The molecule has 0 aliphatic carbocycles. The summed E-state index contributed by atoms with van der Waals surface area (Å²) in [5, 5.41) is 17.7. The van der Waals surface area contributed by atoms with Crippen LogP contribution in [0.25, 0.3) is 16.7 Å². The zero-order valence-corrected chi connectivity index (χ0v) is 17.6. The number of anilines is 1. The molecule has 31 heavy (non-hydrogen) atoms. The fourth-order valence-corrected chi connectivity index (χ4v) is 3.72. The minimum atomic E-state index is -0.889. The van der Waals surface area contributed by atoms with Gasteiger partial charge in [0, 0.05) is 45.3 Å². The SMILES string of the molecule is COCCNc1ccc(-n2ncc3c(OC4CCN(C(=O)O)CC4)ncnc32)c(C)c1. The molecule has 0 saturated carbocycles. The quantitative estimate of drug-likeness (QED) is 0.554. The van der Waals surface area contributed by atoms with Crippen LogP contribution in [0.15, 0.2) is 30.7 Å². The van der Waals surface area contributed by atoms with Gasteiger partial charge < -0.3 is 24.8 Å². The van der Waals surface area contributed by atoms with E-state index in [1.807, 2.05) is 19.1 Å². The largest absolute Gasteiger partial charge is 0.474 e. The Morgan fingerprint density at radius 2 is 2.10 bits per heavy atom. The first-order chi connectivity index (χ1) is 15.1. The van der Waals surface area contributed by atoms with Crippen molar-refractivity contribution in [1.29, 1.82) is 0 Å². The van der Waals surface area contributed by atoms with Gasteiger partial charge in [0.05, 0.1) is 18.5 Å². The van der Waals surface area contributed by atoms with E-state index in [0.717, 1.165) is 28.9 Å². The molecule has 1 amide bonds. The number of ether oxygens (including phenoxy) is 2. The van der Waals surface area contributed by atoms with Crippen LogP contribution >= 0.6 is 0 Å². The predicted molar refractivity (Wildman–Crippen MR) is 115 cm³/mol. The van der Waals surface area contributed by atoms with Crippen molar-refractivity contribution in [2.45, 2.75) is 25.9 Å². The fourth-order valence-electron chi connectivity index (χ4n) is 3.72. The van der Waals surface area contributed by atoms with Crippen LogP contribution in [0, 0.1) is 6.92 Å². The van der Waals surface area contributed by atoms with Crippen LogP contribution < -0.4 is 10.1 Å². The Labute approximate surface area is 179 Å². The number of carboxylic acid groups (broad SMARTS) is 1. The number of nitrogens with zero attached hydrogens (tertiary/aromatic N) is 5. The van der Waals surface area contributed by atoms with Crippen LogP contribution in [0.5, 0.6) is 5.88 Å². The Balaban J connectivity index is 1.53. The number of hydrogen-bond acceptors (Lipinski definition) is 7. The third-order valence-corrected chi connectivity index (χ3v) is 5.38.